The molecule has 0 aliphatic carbocycles. The second-order valence-electron chi connectivity index (χ2n) is 3.51. The van der Waals surface area contributed by atoms with Gasteiger partial charge in [0.25, 0.3) is 10.0 Å². The Hall–Kier alpha value is -0.820. The van der Waals surface area contributed by atoms with Crippen molar-refractivity contribution in [2.45, 2.75) is 11.3 Å². The van der Waals surface area contributed by atoms with Gasteiger partial charge in [0.15, 0.2) is 0 Å². The van der Waals surface area contributed by atoms with E-state index in [1.165, 1.54) is 25.3 Å². The molecule has 7 heteroatoms. The molecule has 94 valence electrons. The van der Waals surface area contributed by atoms with Crippen LogP contribution in [0.25, 0.3) is 0 Å². The summed E-state index contributed by atoms with van der Waals surface area (Å²) in [6, 6.07) is 4.32. The van der Waals surface area contributed by atoms with Crippen molar-refractivity contribution in [1.82, 2.24) is 4.47 Å². The summed E-state index contributed by atoms with van der Waals surface area (Å²) < 4.78 is 30.1. The zero-order valence-electron chi connectivity index (χ0n) is 9.22. The van der Waals surface area contributed by atoms with E-state index in [2.05, 4.69) is 0 Å². The van der Waals surface area contributed by atoms with E-state index in [0.717, 1.165) is 4.47 Å². The number of hydrogen-bond acceptors (Lipinski definition) is 4. The summed E-state index contributed by atoms with van der Waals surface area (Å²) in [7, 11) is -2.14. The summed E-state index contributed by atoms with van der Waals surface area (Å²) in [5.74, 6) is 0.438. The molecule has 0 spiro atoms. The number of hydroxylamine groups is 1. The van der Waals surface area contributed by atoms with Gasteiger partial charge in [-0.1, -0.05) is 16.1 Å². The first-order valence-electron chi connectivity index (χ1n) is 5.05. The molecule has 0 N–H and O–H groups in total. The number of rotatable bonds is 3. The lowest BCUT2D eigenvalue weighted by molar-refractivity contribution is -0.0284. The fourth-order valence-corrected chi connectivity index (χ4v) is 3.19. The predicted octanol–water partition coefficient (Wildman–Crippen LogP) is 1.67. The molecule has 5 nitrogen and oxygen atoms in total. The minimum absolute atomic E-state index is 0.102. The summed E-state index contributed by atoms with van der Waals surface area (Å²) in [5, 5.41) is 0.257. The molecular formula is C10H12ClNO4S. The fraction of sp³-hybridized carbons (Fsp3) is 0.400. The molecule has 0 aromatic heterocycles. The SMILES string of the molecule is COc1ccc(S(=O)(=O)N2CCCO2)cc1Cl. The van der Waals surface area contributed by atoms with Crippen LogP contribution in [-0.2, 0) is 14.9 Å². The number of sulfonamides is 1. The van der Waals surface area contributed by atoms with Crippen LogP contribution < -0.4 is 4.74 Å². The van der Waals surface area contributed by atoms with Crippen LogP contribution in [0.1, 0.15) is 6.42 Å². The van der Waals surface area contributed by atoms with Crippen molar-refractivity contribution in [3.05, 3.63) is 23.2 Å². The smallest absolute Gasteiger partial charge is 0.265 e. The van der Waals surface area contributed by atoms with Crippen LogP contribution in [0, 0.1) is 0 Å². The maximum atomic E-state index is 12.1. The van der Waals surface area contributed by atoms with E-state index in [9.17, 15) is 8.42 Å². The van der Waals surface area contributed by atoms with E-state index in [1.54, 1.807) is 0 Å². The Labute approximate surface area is 105 Å². The lowest BCUT2D eigenvalue weighted by Gasteiger charge is -2.14. The molecule has 2 rings (SSSR count). The standard InChI is InChI=1S/C10H12ClNO4S/c1-15-10-4-3-8(7-9(10)11)17(13,14)12-5-2-6-16-12/h3-4,7H,2,5-6H2,1H3. The highest BCUT2D eigenvalue weighted by atomic mass is 35.5. The Bertz CT molecular complexity index is 511. The first-order chi connectivity index (χ1) is 8.05. The average molecular weight is 278 g/mol. The van der Waals surface area contributed by atoms with Crippen LogP contribution in [-0.4, -0.2) is 33.1 Å². The molecular weight excluding hydrogens is 266 g/mol. The lowest BCUT2D eigenvalue weighted by Crippen LogP contribution is -2.26. The van der Waals surface area contributed by atoms with E-state index >= 15 is 0 Å². The summed E-state index contributed by atoms with van der Waals surface area (Å²) in [6.45, 7) is 0.787. The second kappa shape index (κ2) is 4.81. The van der Waals surface area contributed by atoms with Crippen molar-refractivity contribution < 1.29 is 18.0 Å². The lowest BCUT2D eigenvalue weighted by atomic mass is 10.3. The van der Waals surface area contributed by atoms with Crippen LogP contribution in [0.5, 0.6) is 5.75 Å². The van der Waals surface area contributed by atoms with E-state index < -0.39 is 10.0 Å². The van der Waals surface area contributed by atoms with Crippen LogP contribution >= 0.6 is 11.6 Å². The number of hydrogen-bond donors (Lipinski definition) is 0. The van der Waals surface area contributed by atoms with Gasteiger partial charge in [0, 0.05) is 6.54 Å². The van der Waals surface area contributed by atoms with Crippen LogP contribution in [0.2, 0.25) is 5.02 Å². The minimum Gasteiger partial charge on any atom is -0.495 e. The predicted molar refractivity (Wildman–Crippen MR) is 62.5 cm³/mol. The topological polar surface area (TPSA) is 55.8 Å². The van der Waals surface area contributed by atoms with Crippen LogP contribution in [0.3, 0.4) is 0 Å². The van der Waals surface area contributed by atoms with Gasteiger partial charge in [0.05, 0.1) is 23.6 Å². The maximum Gasteiger partial charge on any atom is 0.265 e. The van der Waals surface area contributed by atoms with E-state index in [4.69, 9.17) is 21.2 Å². The fourth-order valence-electron chi connectivity index (χ4n) is 1.54. The Morgan fingerprint density at radius 1 is 1.47 bits per heavy atom. The van der Waals surface area contributed by atoms with Gasteiger partial charge in [-0.25, -0.2) is 8.42 Å². The van der Waals surface area contributed by atoms with Gasteiger partial charge in [-0.05, 0) is 24.6 Å². The third kappa shape index (κ3) is 2.40. The third-order valence-electron chi connectivity index (χ3n) is 2.41. The molecule has 0 saturated carbocycles. The monoisotopic (exact) mass is 277 g/mol. The molecule has 0 radical (unpaired) electrons. The van der Waals surface area contributed by atoms with Gasteiger partial charge >= 0.3 is 0 Å². The summed E-state index contributed by atoms with van der Waals surface area (Å²) in [5.41, 5.74) is 0. The first-order valence-corrected chi connectivity index (χ1v) is 6.86. The Balaban J connectivity index is 2.36. The highest BCUT2D eigenvalue weighted by molar-refractivity contribution is 7.89. The van der Waals surface area contributed by atoms with E-state index in [0.29, 0.717) is 25.3 Å². The molecule has 0 bridgehead atoms. The molecule has 1 aromatic carbocycles. The van der Waals surface area contributed by atoms with Crippen molar-refractivity contribution >= 4 is 21.6 Å². The van der Waals surface area contributed by atoms with Crippen LogP contribution in [0.15, 0.2) is 23.1 Å². The van der Waals surface area contributed by atoms with E-state index in [-0.39, 0.29) is 9.92 Å². The quantitative estimate of drug-likeness (QED) is 0.843. The highest BCUT2D eigenvalue weighted by Gasteiger charge is 2.29. The van der Waals surface area contributed by atoms with Gasteiger partial charge < -0.3 is 4.74 Å². The molecule has 0 unspecified atom stereocenters. The second-order valence-corrected chi connectivity index (χ2v) is 5.75. The zero-order chi connectivity index (χ0) is 12.5. The van der Waals surface area contributed by atoms with Gasteiger partial charge in [0.1, 0.15) is 5.75 Å². The number of benzene rings is 1. The van der Waals surface area contributed by atoms with Crippen molar-refractivity contribution in [3.8, 4) is 5.75 Å². The number of methoxy groups -OCH3 is 1. The average Bonchev–Trinajstić information content (AvgIpc) is 2.83. The molecule has 1 fully saturated rings. The van der Waals surface area contributed by atoms with Gasteiger partial charge in [0.2, 0.25) is 0 Å². The Kier molecular flexibility index (Phi) is 3.58. The normalized spacial score (nSPS) is 17.3. The largest absolute Gasteiger partial charge is 0.495 e. The van der Waals surface area contributed by atoms with Crippen LogP contribution in [0.4, 0.5) is 0 Å². The van der Waals surface area contributed by atoms with Gasteiger partial charge in [-0.3, -0.25) is 4.84 Å². The van der Waals surface area contributed by atoms with E-state index in [1.807, 2.05) is 0 Å². The highest BCUT2D eigenvalue weighted by Crippen LogP contribution is 2.29. The molecule has 0 amide bonds. The number of ether oxygens (including phenoxy) is 1. The molecule has 0 atom stereocenters. The van der Waals surface area contributed by atoms with Gasteiger partial charge in [-0.15, -0.1) is 0 Å². The molecule has 1 heterocycles. The zero-order valence-corrected chi connectivity index (χ0v) is 10.8. The Morgan fingerprint density at radius 2 is 2.24 bits per heavy atom. The minimum atomic E-state index is -3.62. The van der Waals surface area contributed by atoms with Gasteiger partial charge in [-0.2, -0.15) is 0 Å². The van der Waals surface area contributed by atoms with Crippen molar-refractivity contribution in [1.29, 1.82) is 0 Å². The summed E-state index contributed by atoms with van der Waals surface area (Å²) in [6.07, 6.45) is 0.698. The van der Waals surface area contributed by atoms with Crippen molar-refractivity contribution in [2.24, 2.45) is 0 Å². The summed E-state index contributed by atoms with van der Waals surface area (Å²) >= 11 is 5.89. The summed E-state index contributed by atoms with van der Waals surface area (Å²) in [4.78, 5) is 5.14. The maximum absolute atomic E-state index is 12.1. The molecule has 1 aromatic rings. The third-order valence-corrected chi connectivity index (χ3v) is 4.38. The molecule has 17 heavy (non-hydrogen) atoms. The molecule has 1 aliphatic heterocycles. The number of halogens is 1. The van der Waals surface area contributed by atoms with Crippen molar-refractivity contribution in [2.75, 3.05) is 20.3 Å². The molecule has 1 saturated heterocycles. The molecule has 1 aliphatic rings. The Morgan fingerprint density at radius 3 is 2.76 bits per heavy atom. The first kappa shape index (κ1) is 12.6. The number of nitrogens with zero attached hydrogens (tertiary/aromatic N) is 1. The van der Waals surface area contributed by atoms with Crippen molar-refractivity contribution in [3.63, 3.8) is 0 Å².